The molecule has 206 valence electrons. The highest BCUT2D eigenvalue weighted by Crippen LogP contribution is 2.39. The van der Waals surface area contributed by atoms with Gasteiger partial charge in [0.25, 0.3) is 11.7 Å². The van der Waals surface area contributed by atoms with Gasteiger partial charge in [0, 0.05) is 36.6 Å². The molecule has 0 unspecified atom stereocenters. The number of carbonyl (C=O) groups excluding carboxylic acids is 3. The number of nitrogens with zero attached hydrogens (tertiary/aromatic N) is 2. The highest BCUT2D eigenvalue weighted by molar-refractivity contribution is 7.91. The van der Waals surface area contributed by atoms with Gasteiger partial charge in [-0.05, 0) is 81.7 Å². The van der Waals surface area contributed by atoms with E-state index in [2.05, 4.69) is 0 Å². The van der Waals surface area contributed by atoms with Gasteiger partial charge in [0.1, 0.15) is 15.7 Å². The molecule has 4 rings (SSSR count). The Hall–Kier alpha value is -3.01. The number of hydrogen-bond acceptors (Lipinski definition) is 5. The lowest BCUT2D eigenvalue weighted by Crippen LogP contribution is -2.47. The molecular formula is C28H36FN3O5S. The number of anilines is 1. The number of amides is 2. The molecule has 0 spiro atoms. The average molecular weight is 546 g/mol. The highest BCUT2D eigenvalue weighted by Gasteiger charge is 2.39. The maximum atomic E-state index is 14.1. The van der Waals surface area contributed by atoms with Crippen LogP contribution in [0.15, 0.2) is 18.2 Å². The SMILES string of the molecule is Cc1cc(N(C(=O)C(=O)c2c(C)c(C(N)=O)c(C3CCCC3)n2C)C2CCC(S(C)(=O)=O)CC2)ccc1F. The molecule has 38 heavy (non-hydrogen) atoms. The summed E-state index contributed by atoms with van der Waals surface area (Å²) in [4.78, 5) is 41.7. The standard InChI is InChI=1S/C28H36FN3O5S/c1-16-15-20(11-14-22(16)29)32(19-9-12-21(13-10-19)38(4,36)37)28(35)26(33)24-17(2)23(27(30)34)25(31(24)3)18-7-5-6-8-18/h11,14-15,18-19,21H,5-10,12-13H2,1-4H3,(H2,30,34). The van der Waals surface area contributed by atoms with E-state index >= 15 is 0 Å². The van der Waals surface area contributed by atoms with Crippen LogP contribution in [-0.4, -0.2) is 48.1 Å². The number of hydrogen-bond donors (Lipinski definition) is 1. The first-order valence-corrected chi connectivity index (χ1v) is 15.1. The molecule has 1 aromatic carbocycles. The summed E-state index contributed by atoms with van der Waals surface area (Å²) in [5.41, 5.74) is 7.95. The first kappa shape index (κ1) is 28.0. The van der Waals surface area contributed by atoms with E-state index in [0.29, 0.717) is 53.8 Å². The Morgan fingerprint density at radius 2 is 1.63 bits per heavy atom. The zero-order valence-electron chi connectivity index (χ0n) is 22.4. The fourth-order valence-corrected chi connectivity index (χ4v) is 7.50. The monoisotopic (exact) mass is 545 g/mol. The second-order valence-electron chi connectivity index (χ2n) is 10.8. The number of ketones is 1. The van der Waals surface area contributed by atoms with Crippen molar-refractivity contribution < 1.29 is 27.2 Å². The van der Waals surface area contributed by atoms with E-state index in [9.17, 15) is 27.2 Å². The third-order valence-electron chi connectivity index (χ3n) is 8.33. The molecule has 0 radical (unpaired) electrons. The van der Waals surface area contributed by atoms with E-state index in [1.54, 1.807) is 25.5 Å². The summed E-state index contributed by atoms with van der Waals surface area (Å²) in [7, 11) is -1.54. The number of benzene rings is 1. The van der Waals surface area contributed by atoms with Gasteiger partial charge in [-0.25, -0.2) is 12.8 Å². The molecule has 1 aromatic heterocycles. The van der Waals surface area contributed by atoms with Crippen molar-refractivity contribution in [1.29, 1.82) is 0 Å². The molecule has 2 saturated carbocycles. The van der Waals surface area contributed by atoms with Crippen LogP contribution in [0.1, 0.15) is 95.0 Å². The van der Waals surface area contributed by atoms with Gasteiger partial charge in [-0.2, -0.15) is 0 Å². The smallest absolute Gasteiger partial charge is 0.301 e. The zero-order valence-corrected chi connectivity index (χ0v) is 23.2. The third-order valence-corrected chi connectivity index (χ3v) is 10.0. The van der Waals surface area contributed by atoms with Crippen molar-refractivity contribution in [3.8, 4) is 0 Å². The van der Waals surface area contributed by atoms with Gasteiger partial charge in [0.05, 0.1) is 16.5 Å². The molecular weight excluding hydrogens is 509 g/mol. The summed E-state index contributed by atoms with van der Waals surface area (Å²) in [6.07, 6.45) is 6.51. The minimum absolute atomic E-state index is 0.0833. The Morgan fingerprint density at radius 1 is 1.03 bits per heavy atom. The van der Waals surface area contributed by atoms with Crippen molar-refractivity contribution in [1.82, 2.24) is 4.57 Å². The van der Waals surface area contributed by atoms with Crippen molar-refractivity contribution in [3.05, 3.63) is 52.1 Å². The Balaban J connectivity index is 1.75. The number of aryl methyl sites for hydroxylation is 1. The fourth-order valence-electron chi connectivity index (χ4n) is 6.38. The number of rotatable bonds is 7. The fraction of sp³-hybridized carbons (Fsp3) is 0.536. The molecule has 0 saturated heterocycles. The van der Waals surface area contributed by atoms with Gasteiger partial charge in [-0.3, -0.25) is 14.4 Å². The maximum Gasteiger partial charge on any atom is 0.301 e. The summed E-state index contributed by atoms with van der Waals surface area (Å²) in [6, 6.07) is 3.82. The first-order valence-electron chi connectivity index (χ1n) is 13.1. The number of nitrogens with two attached hydrogens (primary N) is 1. The largest absolute Gasteiger partial charge is 0.366 e. The molecule has 2 N–H and O–H groups in total. The van der Waals surface area contributed by atoms with Crippen molar-refractivity contribution in [2.75, 3.05) is 11.2 Å². The lowest BCUT2D eigenvalue weighted by Gasteiger charge is -2.36. The van der Waals surface area contributed by atoms with E-state index in [1.807, 2.05) is 0 Å². The van der Waals surface area contributed by atoms with Crippen LogP contribution >= 0.6 is 0 Å². The minimum atomic E-state index is -3.23. The second kappa shape index (κ2) is 10.6. The molecule has 0 aliphatic heterocycles. The first-order chi connectivity index (χ1) is 17.8. The Morgan fingerprint density at radius 3 is 2.16 bits per heavy atom. The Bertz CT molecular complexity index is 1380. The number of sulfone groups is 1. The van der Waals surface area contributed by atoms with Gasteiger partial charge >= 0.3 is 5.91 Å². The van der Waals surface area contributed by atoms with Gasteiger partial charge < -0.3 is 15.2 Å². The Kier molecular flexibility index (Phi) is 7.84. The van der Waals surface area contributed by atoms with Crippen LogP contribution in [-0.2, 0) is 21.7 Å². The molecule has 2 fully saturated rings. The molecule has 10 heteroatoms. The van der Waals surface area contributed by atoms with Crippen LogP contribution < -0.4 is 10.6 Å². The lowest BCUT2D eigenvalue weighted by molar-refractivity contribution is -0.115. The Labute approximate surface area is 223 Å². The molecule has 2 aliphatic rings. The maximum absolute atomic E-state index is 14.1. The number of carbonyl (C=O) groups is 3. The minimum Gasteiger partial charge on any atom is -0.366 e. The molecule has 0 atom stereocenters. The van der Waals surface area contributed by atoms with Crippen LogP contribution in [0.5, 0.6) is 0 Å². The summed E-state index contributed by atoms with van der Waals surface area (Å²) in [5.74, 6) is -2.55. The van der Waals surface area contributed by atoms with Crippen molar-refractivity contribution >= 4 is 33.1 Å². The van der Waals surface area contributed by atoms with Crippen LogP contribution in [0, 0.1) is 19.7 Å². The molecule has 8 nitrogen and oxygen atoms in total. The molecule has 2 aliphatic carbocycles. The van der Waals surface area contributed by atoms with E-state index in [1.165, 1.54) is 29.4 Å². The van der Waals surface area contributed by atoms with Crippen molar-refractivity contribution in [3.63, 3.8) is 0 Å². The number of Topliss-reactive ketones (excluding diaryl/α,β-unsaturated/α-hetero) is 1. The summed E-state index contributed by atoms with van der Waals surface area (Å²) < 4.78 is 40.0. The van der Waals surface area contributed by atoms with Crippen LogP contribution in [0.25, 0.3) is 0 Å². The average Bonchev–Trinajstić information content (AvgIpc) is 3.46. The molecule has 2 amide bonds. The lowest BCUT2D eigenvalue weighted by atomic mass is 9.92. The van der Waals surface area contributed by atoms with E-state index in [4.69, 9.17) is 5.73 Å². The number of halogens is 1. The topological polar surface area (TPSA) is 120 Å². The normalized spacial score (nSPS) is 20.4. The van der Waals surface area contributed by atoms with Gasteiger partial charge in [0.2, 0.25) is 0 Å². The number of primary amides is 1. The summed E-state index contributed by atoms with van der Waals surface area (Å²) >= 11 is 0. The molecule has 0 bridgehead atoms. The summed E-state index contributed by atoms with van der Waals surface area (Å²) in [5, 5.41) is -0.497. The van der Waals surface area contributed by atoms with Gasteiger partial charge in [-0.1, -0.05) is 12.8 Å². The second-order valence-corrected chi connectivity index (χ2v) is 13.2. The van der Waals surface area contributed by atoms with Gasteiger partial charge in [-0.15, -0.1) is 0 Å². The predicted octanol–water partition coefficient (Wildman–Crippen LogP) is 4.11. The van der Waals surface area contributed by atoms with Crippen LogP contribution in [0.4, 0.5) is 10.1 Å². The molecule has 2 aromatic rings. The predicted molar refractivity (Wildman–Crippen MR) is 144 cm³/mol. The van der Waals surface area contributed by atoms with E-state index in [-0.39, 0.29) is 11.6 Å². The van der Waals surface area contributed by atoms with Crippen LogP contribution in [0.2, 0.25) is 0 Å². The number of aromatic nitrogens is 1. The zero-order chi connectivity index (χ0) is 27.9. The van der Waals surface area contributed by atoms with E-state index < -0.39 is 44.5 Å². The van der Waals surface area contributed by atoms with Crippen molar-refractivity contribution in [2.45, 2.75) is 82.4 Å². The van der Waals surface area contributed by atoms with E-state index in [0.717, 1.165) is 25.7 Å². The summed E-state index contributed by atoms with van der Waals surface area (Å²) in [6.45, 7) is 3.22. The third kappa shape index (κ3) is 5.15. The van der Waals surface area contributed by atoms with Crippen LogP contribution in [0.3, 0.4) is 0 Å². The van der Waals surface area contributed by atoms with Crippen molar-refractivity contribution in [2.24, 2.45) is 12.8 Å². The quantitative estimate of drug-likeness (QED) is 0.415. The highest BCUT2D eigenvalue weighted by atomic mass is 32.2. The molecule has 1 heterocycles. The van der Waals surface area contributed by atoms with Gasteiger partial charge in [0.15, 0.2) is 0 Å².